The van der Waals surface area contributed by atoms with Gasteiger partial charge in [-0.25, -0.2) is 0 Å². The van der Waals surface area contributed by atoms with Gasteiger partial charge in [0.15, 0.2) is 0 Å². The van der Waals surface area contributed by atoms with Crippen LogP contribution in [0.25, 0.3) is 0 Å². The van der Waals surface area contributed by atoms with Crippen molar-refractivity contribution in [3.63, 3.8) is 0 Å². The molecule has 1 aromatic carbocycles. The van der Waals surface area contributed by atoms with Gasteiger partial charge in [0, 0.05) is 28.8 Å². The summed E-state index contributed by atoms with van der Waals surface area (Å²) in [5.41, 5.74) is 2.54. The second-order valence-electron chi connectivity index (χ2n) is 5.42. The number of nitrogens with zero attached hydrogens (tertiary/aromatic N) is 1. The highest BCUT2D eigenvalue weighted by Crippen LogP contribution is 2.29. The van der Waals surface area contributed by atoms with E-state index in [0.29, 0.717) is 12.1 Å². The Kier molecular flexibility index (Phi) is 7.31. The van der Waals surface area contributed by atoms with Gasteiger partial charge in [0.05, 0.1) is 0 Å². The molecule has 1 rings (SSSR count). The molecule has 1 atom stereocenters. The lowest BCUT2D eigenvalue weighted by molar-refractivity contribution is 0.569. The zero-order chi connectivity index (χ0) is 15.1. The first-order chi connectivity index (χ1) is 9.51. The van der Waals surface area contributed by atoms with Crippen molar-refractivity contribution in [2.75, 3.05) is 18.0 Å². The molecule has 112 valence electrons. The van der Waals surface area contributed by atoms with E-state index >= 15 is 0 Å². The normalized spacial score (nSPS) is 12.5. The first-order valence-corrected chi connectivity index (χ1v) is 8.20. The molecule has 20 heavy (non-hydrogen) atoms. The Labute approximate surface area is 132 Å². The lowest BCUT2D eigenvalue weighted by Crippen LogP contribution is -2.30. The molecule has 0 bridgehead atoms. The van der Waals surface area contributed by atoms with Gasteiger partial charge in [-0.3, -0.25) is 0 Å². The Bertz CT molecular complexity index is 429. The molecule has 0 aliphatic rings. The molecular weight excluding hydrogens is 312 g/mol. The molecule has 1 aromatic rings. The standard InChI is InChI=1S/C17H27BrN2/c1-6-10-19-14(5)16-9-8-15(12-17(16)18)20(11-7-2)13(3)4/h7-9,12-14,19H,2,6,10-11H2,1,3-5H3. The molecule has 0 aromatic heterocycles. The Hall–Kier alpha value is -0.800. The Morgan fingerprint density at radius 1 is 1.35 bits per heavy atom. The summed E-state index contributed by atoms with van der Waals surface area (Å²) in [5, 5.41) is 3.53. The Morgan fingerprint density at radius 2 is 2.05 bits per heavy atom. The van der Waals surface area contributed by atoms with Crippen molar-refractivity contribution in [3.05, 3.63) is 40.9 Å². The van der Waals surface area contributed by atoms with E-state index in [1.807, 2.05) is 6.08 Å². The van der Waals surface area contributed by atoms with Gasteiger partial charge in [0.2, 0.25) is 0 Å². The van der Waals surface area contributed by atoms with E-state index in [-0.39, 0.29) is 0 Å². The van der Waals surface area contributed by atoms with Crippen molar-refractivity contribution < 1.29 is 0 Å². The second-order valence-corrected chi connectivity index (χ2v) is 6.27. The van der Waals surface area contributed by atoms with Crippen LogP contribution in [0.3, 0.4) is 0 Å². The van der Waals surface area contributed by atoms with Crippen LogP contribution < -0.4 is 10.2 Å². The smallest absolute Gasteiger partial charge is 0.0382 e. The molecule has 2 nitrogen and oxygen atoms in total. The zero-order valence-corrected chi connectivity index (χ0v) is 14.7. The van der Waals surface area contributed by atoms with Crippen LogP contribution in [0.4, 0.5) is 5.69 Å². The maximum Gasteiger partial charge on any atom is 0.0382 e. The maximum absolute atomic E-state index is 3.85. The van der Waals surface area contributed by atoms with Crippen LogP contribution in [0.15, 0.2) is 35.3 Å². The van der Waals surface area contributed by atoms with Gasteiger partial charge in [-0.1, -0.05) is 35.0 Å². The summed E-state index contributed by atoms with van der Waals surface area (Å²) < 4.78 is 1.17. The van der Waals surface area contributed by atoms with Crippen molar-refractivity contribution in [1.29, 1.82) is 0 Å². The summed E-state index contributed by atoms with van der Waals surface area (Å²) in [6.45, 7) is 14.6. The third-order valence-electron chi connectivity index (χ3n) is 3.43. The molecule has 1 N–H and O–H groups in total. The van der Waals surface area contributed by atoms with Crippen molar-refractivity contribution in [1.82, 2.24) is 5.32 Å². The first kappa shape index (κ1) is 17.3. The van der Waals surface area contributed by atoms with Gasteiger partial charge in [-0.2, -0.15) is 0 Å². The summed E-state index contributed by atoms with van der Waals surface area (Å²) in [6, 6.07) is 7.45. The molecule has 3 heteroatoms. The molecule has 0 aliphatic carbocycles. The summed E-state index contributed by atoms with van der Waals surface area (Å²) in [4.78, 5) is 2.34. The summed E-state index contributed by atoms with van der Waals surface area (Å²) in [5.74, 6) is 0. The number of hydrogen-bond donors (Lipinski definition) is 1. The van der Waals surface area contributed by atoms with Crippen LogP contribution in [0.2, 0.25) is 0 Å². The Morgan fingerprint density at radius 3 is 2.55 bits per heavy atom. The molecule has 0 saturated heterocycles. The summed E-state index contributed by atoms with van der Waals surface area (Å²) in [7, 11) is 0. The Balaban J connectivity index is 2.93. The van der Waals surface area contributed by atoms with E-state index in [4.69, 9.17) is 0 Å². The second kappa shape index (κ2) is 8.48. The fourth-order valence-corrected chi connectivity index (χ4v) is 2.98. The van der Waals surface area contributed by atoms with E-state index in [2.05, 4.69) is 78.6 Å². The molecule has 0 aliphatic heterocycles. The number of anilines is 1. The molecule has 0 heterocycles. The van der Waals surface area contributed by atoms with Crippen LogP contribution in [0.1, 0.15) is 45.7 Å². The molecule has 0 spiro atoms. The van der Waals surface area contributed by atoms with E-state index < -0.39 is 0 Å². The molecule has 0 fully saturated rings. The van der Waals surface area contributed by atoms with Crippen molar-refractivity contribution in [3.8, 4) is 0 Å². The van der Waals surface area contributed by atoms with E-state index in [0.717, 1.165) is 19.5 Å². The quantitative estimate of drug-likeness (QED) is 0.677. The zero-order valence-electron chi connectivity index (χ0n) is 13.1. The van der Waals surface area contributed by atoms with Crippen LogP contribution in [-0.2, 0) is 0 Å². The van der Waals surface area contributed by atoms with Crippen molar-refractivity contribution in [2.24, 2.45) is 0 Å². The van der Waals surface area contributed by atoms with Gasteiger partial charge >= 0.3 is 0 Å². The summed E-state index contributed by atoms with van der Waals surface area (Å²) >= 11 is 3.72. The first-order valence-electron chi connectivity index (χ1n) is 7.41. The van der Waals surface area contributed by atoms with Gasteiger partial charge in [-0.05, 0) is 51.4 Å². The highest BCUT2D eigenvalue weighted by atomic mass is 79.9. The number of nitrogens with one attached hydrogen (secondary N) is 1. The maximum atomic E-state index is 3.85. The van der Waals surface area contributed by atoms with Gasteiger partial charge in [0.25, 0.3) is 0 Å². The monoisotopic (exact) mass is 338 g/mol. The predicted octanol–water partition coefficient (Wildman–Crippen LogP) is 4.91. The number of hydrogen-bond acceptors (Lipinski definition) is 2. The van der Waals surface area contributed by atoms with Crippen LogP contribution in [0, 0.1) is 0 Å². The highest BCUT2D eigenvalue weighted by molar-refractivity contribution is 9.10. The van der Waals surface area contributed by atoms with Crippen LogP contribution in [0.5, 0.6) is 0 Å². The number of benzene rings is 1. The summed E-state index contributed by atoms with van der Waals surface area (Å²) in [6.07, 6.45) is 3.10. The van der Waals surface area contributed by atoms with E-state index in [1.165, 1.54) is 15.7 Å². The SMILES string of the molecule is C=CCN(c1ccc(C(C)NCCC)c(Br)c1)C(C)C. The van der Waals surface area contributed by atoms with E-state index in [1.54, 1.807) is 0 Å². The third kappa shape index (κ3) is 4.64. The lowest BCUT2D eigenvalue weighted by atomic mass is 10.1. The lowest BCUT2D eigenvalue weighted by Gasteiger charge is -2.28. The molecule has 0 radical (unpaired) electrons. The van der Waals surface area contributed by atoms with Crippen LogP contribution in [-0.4, -0.2) is 19.1 Å². The minimum absolute atomic E-state index is 0.366. The topological polar surface area (TPSA) is 15.3 Å². The number of rotatable bonds is 8. The molecular formula is C17H27BrN2. The van der Waals surface area contributed by atoms with Gasteiger partial charge in [0.1, 0.15) is 0 Å². The average Bonchev–Trinajstić information content (AvgIpc) is 2.41. The average molecular weight is 339 g/mol. The molecule has 0 amide bonds. The minimum atomic E-state index is 0.366. The largest absolute Gasteiger partial charge is 0.365 e. The highest BCUT2D eigenvalue weighted by Gasteiger charge is 2.13. The fraction of sp³-hybridized carbons (Fsp3) is 0.529. The van der Waals surface area contributed by atoms with Crippen molar-refractivity contribution in [2.45, 2.75) is 46.2 Å². The van der Waals surface area contributed by atoms with E-state index in [9.17, 15) is 0 Å². The number of halogens is 1. The third-order valence-corrected chi connectivity index (χ3v) is 4.12. The predicted molar refractivity (Wildman–Crippen MR) is 93.5 cm³/mol. The molecule has 1 unspecified atom stereocenters. The van der Waals surface area contributed by atoms with Crippen LogP contribution >= 0.6 is 15.9 Å². The van der Waals surface area contributed by atoms with Crippen molar-refractivity contribution >= 4 is 21.6 Å². The minimum Gasteiger partial charge on any atom is -0.365 e. The fourth-order valence-electron chi connectivity index (χ4n) is 2.27. The van der Waals surface area contributed by atoms with Gasteiger partial charge in [-0.15, -0.1) is 6.58 Å². The molecule has 0 saturated carbocycles. The van der Waals surface area contributed by atoms with Gasteiger partial charge < -0.3 is 10.2 Å².